The van der Waals surface area contributed by atoms with Crippen LogP contribution in [0.2, 0.25) is 0 Å². The molecule has 0 spiro atoms. The molecule has 78 valence electrons. The first-order valence-electron chi connectivity index (χ1n) is 5.42. The second-order valence-corrected chi connectivity index (χ2v) is 4.98. The first-order chi connectivity index (χ1) is 6.77. The number of thiazole rings is 1. The minimum atomic E-state index is 0.591. The highest BCUT2D eigenvalue weighted by atomic mass is 32.1. The molecule has 0 aliphatic heterocycles. The molecule has 1 aliphatic carbocycles. The van der Waals surface area contributed by atoms with Crippen molar-refractivity contribution in [1.29, 1.82) is 0 Å². The van der Waals surface area contributed by atoms with Crippen LogP contribution in [-0.2, 0) is 7.05 Å². The predicted molar refractivity (Wildman–Crippen MR) is 60.5 cm³/mol. The average molecular weight is 210 g/mol. The Balaban J connectivity index is 2.20. The fourth-order valence-electron chi connectivity index (χ4n) is 1.93. The monoisotopic (exact) mass is 210 g/mol. The number of aromatic nitrogens is 1. The van der Waals surface area contributed by atoms with Gasteiger partial charge in [0.05, 0.1) is 6.04 Å². The van der Waals surface area contributed by atoms with Crippen LogP contribution in [0.1, 0.15) is 37.8 Å². The fraction of sp³-hybridized carbons (Fsp3) is 0.727. The van der Waals surface area contributed by atoms with Crippen molar-refractivity contribution < 1.29 is 0 Å². The van der Waals surface area contributed by atoms with Gasteiger partial charge in [-0.05, 0) is 19.8 Å². The molecular formula is C11H18N2S. The first kappa shape index (κ1) is 9.97. The lowest BCUT2D eigenvalue weighted by molar-refractivity contribution is 0.435. The second-order valence-electron chi connectivity index (χ2n) is 4.14. The van der Waals surface area contributed by atoms with Crippen LogP contribution >= 0.6 is 11.3 Å². The van der Waals surface area contributed by atoms with Crippen LogP contribution in [0.5, 0.6) is 0 Å². The topological polar surface area (TPSA) is 17.3 Å². The molecule has 1 saturated carbocycles. The normalized spacial score (nSPS) is 20.3. The molecule has 3 heteroatoms. The molecule has 1 aromatic rings. The molecular weight excluding hydrogens is 192 g/mol. The van der Waals surface area contributed by atoms with Gasteiger partial charge in [-0.2, -0.15) is 0 Å². The van der Waals surface area contributed by atoms with Gasteiger partial charge >= 0.3 is 0 Å². The van der Waals surface area contributed by atoms with E-state index in [2.05, 4.69) is 23.9 Å². The molecule has 0 saturated heterocycles. The van der Waals surface area contributed by atoms with Crippen molar-refractivity contribution in [3.05, 3.63) is 15.9 Å². The Morgan fingerprint density at radius 2 is 2.07 bits per heavy atom. The predicted octanol–water partition coefficient (Wildman–Crippen LogP) is 2.63. The van der Waals surface area contributed by atoms with Gasteiger partial charge in [-0.1, -0.05) is 19.3 Å². The largest absolute Gasteiger partial charge is 0.324 e. The summed E-state index contributed by atoms with van der Waals surface area (Å²) in [6.07, 6.45) is 6.71. The van der Waals surface area contributed by atoms with Gasteiger partial charge in [-0.15, -0.1) is 11.3 Å². The number of nitrogens with zero attached hydrogens (tertiary/aromatic N) is 2. The summed E-state index contributed by atoms with van der Waals surface area (Å²) in [5, 5.41) is 2.18. The van der Waals surface area contributed by atoms with Crippen molar-refractivity contribution in [2.24, 2.45) is 12.0 Å². The molecule has 0 atom stereocenters. The molecule has 1 heterocycles. The molecule has 0 aromatic carbocycles. The van der Waals surface area contributed by atoms with Gasteiger partial charge in [0, 0.05) is 18.1 Å². The molecule has 0 unspecified atom stereocenters. The van der Waals surface area contributed by atoms with Crippen LogP contribution < -0.4 is 4.80 Å². The lowest BCUT2D eigenvalue weighted by Gasteiger charge is -2.16. The number of hydrogen-bond acceptors (Lipinski definition) is 2. The van der Waals surface area contributed by atoms with Gasteiger partial charge in [0.1, 0.15) is 0 Å². The van der Waals surface area contributed by atoms with Crippen LogP contribution in [0.4, 0.5) is 0 Å². The lowest BCUT2D eigenvalue weighted by atomic mass is 9.96. The summed E-state index contributed by atoms with van der Waals surface area (Å²) in [5.41, 5.74) is 1.31. The second kappa shape index (κ2) is 4.30. The SMILES string of the molecule is Cc1csc(=NC2CCCCC2)n1C. The molecule has 1 fully saturated rings. The molecule has 0 bridgehead atoms. The van der Waals surface area contributed by atoms with E-state index in [1.54, 1.807) is 11.3 Å². The standard InChI is InChI=1S/C11H18N2S/c1-9-8-14-11(13(9)2)12-10-6-4-3-5-7-10/h8,10H,3-7H2,1-2H3. The minimum Gasteiger partial charge on any atom is -0.324 e. The number of rotatable bonds is 1. The van der Waals surface area contributed by atoms with Crippen LogP contribution in [0, 0.1) is 6.92 Å². The molecule has 0 radical (unpaired) electrons. The summed E-state index contributed by atoms with van der Waals surface area (Å²) >= 11 is 1.77. The average Bonchev–Trinajstić information content (AvgIpc) is 2.52. The van der Waals surface area contributed by atoms with Gasteiger partial charge < -0.3 is 4.57 Å². The molecule has 0 N–H and O–H groups in total. The van der Waals surface area contributed by atoms with E-state index in [0.29, 0.717) is 6.04 Å². The van der Waals surface area contributed by atoms with Crippen molar-refractivity contribution in [2.45, 2.75) is 45.1 Å². The van der Waals surface area contributed by atoms with E-state index in [1.165, 1.54) is 42.6 Å². The van der Waals surface area contributed by atoms with Gasteiger partial charge in [0.2, 0.25) is 0 Å². The number of hydrogen-bond donors (Lipinski definition) is 0. The summed E-state index contributed by atoms with van der Waals surface area (Å²) < 4.78 is 2.19. The van der Waals surface area contributed by atoms with E-state index in [9.17, 15) is 0 Å². The molecule has 14 heavy (non-hydrogen) atoms. The van der Waals surface area contributed by atoms with Gasteiger partial charge in [0.15, 0.2) is 4.80 Å². The van der Waals surface area contributed by atoms with Crippen molar-refractivity contribution in [2.75, 3.05) is 0 Å². The van der Waals surface area contributed by atoms with Crippen molar-refractivity contribution in [1.82, 2.24) is 4.57 Å². The fourth-order valence-corrected chi connectivity index (χ4v) is 2.88. The van der Waals surface area contributed by atoms with Crippen LogP contribution in [0.15, 0.2) is 10.4 Å². The zero-order chi connectivity index (χ0) is 9.97. The molecule has 2 nitrogen and oxygen atoms in total. The van der Waals surface area contributed by atoms with Gasteiger partial charge in [0.25, 0.3) is 0 Å². The summed E-state index contributed by atoms with van der Waals surface area (Å²) in [4.78, 5) is 6.01. The maximum Gasteiger partial charge on any atom is 0.184 e. The Labute approximate surface area is 89.3 Å². The zero-order valence-electron chi connectivity index (χ0n) is 8.99. The Bertz CT molecular complexity index is 356. The zero-order valence-corrected chi connectivity index (χ0v) is 9.81. The quantitative estimate of drug-likeness (QED) is 0.678. The lowest BCUT2D eigenvalue weighted by Crippen LogP contribution is -2.18. The molecule has 0 amide bonds. The third kappa shape index (κ3) is 2.08. The maximum atomic E-state index is 4.82. The Morgan fingerprint density at radius 1 is 1.36 bits per heavy atom. The van der Waals surface area contributed by atoms with E-state index in [0.717, 1.165) is 0 Å². The Kier molecular flexibility index (Phi) is 3.06. The first-order valence-corrected chi connectivity index (χ1v) is 6.30. The Hall–Kier alpha value is -0.570. The highest BCUT2D eigenvalue weighted by Crippen LogP contribution is 2.19. The molecule has 2 rings (SSSR count). The van der Waals surface area contributed by atoms with E-state index < -0.39 is 0 Å². The van der Waals surface area contributed by atoms with E-state index in [1.807, 2.05) is 0 Å². The maximum absolute atomic E-state index is 4.82. The van der Waals surface area contributed by atoms with Crippen molar-refractivity contribution in [3.63, 3.8) is 0 Å². The highest BCUT2D eigenvalue weighted by molar-refractivity contribution is 7.07. The summed E-state index contributed by atoms with van der Waals surface area (Å²) in [7, 11) is 2.10. The van der Waals surface area contributed by atoms with Crippen molar-refractivity contribution in [3.8, 4) is 0 Å². The summed E-state index contributed by atoms with van der Waals surface area (Å²) in [6.45, 7) is 2.14. The summed E-state index contributed by atoms with van der Waals surface area (Å²) in [6, 6.07) is 0.591. The molecule has 1 aromatic heterocycles. The van der Waals surface area contributed by atoms with Crippen LogP contribution in [-0.4, -0.2) is 10.6 Å². The third-order valence-corrected chi connectivity index (χ3v) is 4.07. The summed E-state index contributed by atoms with van der Waals surface area (Å²) in [5.74, 6) is 0. The van der Waals surface area contributed by atoms with Crippen LogP contribution in [0.25, 0.3) is 0 Å². The molecule has 1 aliphatic rings. The van der Waals surface area contributed by atoms with Crippen molar-refractivity contribution >= 4 is 11.3 Å². The number of aryl methyl sites for hydroxylation is 1. The smallest absolute Gasteiger partial charge is 0.184 e. The van der Waals surface area contributed by atoms with E-state index in [-0.39, 0.29) is 0 Å². The van der Waals surface area contributed by atoms with Crippen LogP contribution in [0.3, 0.4) is 0 Å². The van der Waals surface area contributed by atoms with E-state index in [4.69, 9.17) is 4.99 Å². The highest BCUT2D eigenvalue weighted by Gasteiger charge is 2.11. The Morgan fingerprint density at radius 3 is 2.64 bits per heavy atom. The van der Waals surface area contributed by atoms with Gasteiger partial charge in [-0.3, -0.25) is 4.99 Å². The van der Waals surface area contributed by atoms with Gasteiger partial charge in [-0.25, -0.2) is 0 Å². The van der Waals surface area contributed by atoms with E-state index >= 15 is 0 Å². The minimum absolute atomic E-state index is 0.591. The third-order valence-electron chi connectivity index (χ3n) is 3.02.